The van der Waals surface area contributed by atoms with E-state index < -0.39 is 0 Å². The topological polar surface area (TPSA) is 20.1 Å². The Hall–Kier alpha value is -1.31. The van der Waals surface area contributed by atoms with Crippen molar-refractivity contribution in [2.45, 2.75) is 19.4 Å². The Bertz CT molecular complexity index is 333. The predicted octanol–water partition coefficient (Wildman–Crippen LogP) is 1.85. The van der Waals surface area contributed by atoms with E-state index in [1.807, 2.05) is 37.3 Å². The molecule has 2 nitrogen and oxygen atoms in total. The van der Waals surface area contributed by atoms with Crippen LogP contribution in [0.5, 0.6) is 0 Å². The fourth-order valence-corrected chi connectivity index (χ4v) is 1.56. The number of hydrogen-bond donors (Lipinski definition) is 0. The van der Waals surface area contributed by atoms with Crippen molar-refractivity contribution < 1.29 is 4.79 Å². The van der Waals surface area contributed by atoms with Crippen LogP contribution in [-0.2, 0) is 4.79 Å². The first-order valence-corrected chi connectivity index (χ1v) is 4.48. The number of carbonyl (C=O) groups excluding carboxylic acids is 1. The van der Waals surface area contributed by atoms with E-state index in [1.54, 1.807) is 6.92 Å². The average Bonchev–Trinajstić information content (AvgIpc) is 2.81. The zero-order valence-electron chi connectivity index (χ0n) is 7.95. The van der Waals surface area contributed by atoms with E-state index in [4.69, 9.17) is 0 Å². The van der Waals surface area contributed by atoms with Gasteiger partial charge in [0.2, 0.25) is 0 Å². The lowest BCUT2D eigenvalue weighted by atomic mass is 10.1. The molecule has 1 unspecified atom stereocenters. The van der Waals surface area contributed by atoms with E-state index in [9.17, 15) is 4.79 Å². The van der Waals surface area contributed by atoms with Gasteiger partial charge in [-0.3, -0.25) is 4.79 Å². The summed E-state index contributed by atoms with van der Waals surface area (Å²) in [5.74, 6) is 0.247. The highest BCUT2D eigenvalue weighted by Gasteiger charge is 2.51. The SMILES string of the molecule is CC(=O)C1(C)CN1c1ccccc1. The van der Waals surface area contributed by atoms with Crippen LogP contribution in [0.25, 0.3) is 0 Å². The lowest BCUT2D eigenvalue weighted by Crippen LogP contribution is -2.22. The molecule has 0 spiro atoms. The van der Waals surface area contributed by atoms with E-state index in [0.717, 1.165) is 12.2 Å². The minimum atomic E-state index is -0.235. The van der Waals surface area contributed by atoms with Crippen molar-refractivity contribution in [3.63, 3.8) is 0 Å². The third-order valence-corrected chi connectivity index (χ3v) is 2.78. The van der Waals surface area contributed by atoms with Crippen LogP contribution in [0.4, 0.5) is 5.69 Å². The third kappa shape index (κ3) is 1.22. The second-order valence-corrected chi connectivity index (χ2v) is 3.75. The molecule has 0 radical (unpaired) electrons. The molecule has 0 bridgehead atoms. The van der Waals surface area contributed by atoms with E-state index in [0.29, 0.717) is 0 Å². The standard InChI is InChI=1S/C11H13NO/c1-9(13)11(2)8-12(11)10-6-4-3-5-7-10/h3-7H,8H2,1-2H3. The molecule has 2 heteroatoms. The van der Waals surface area contributed by atoms with Crippen LogP contribution < -0.4 is 4.90 Å². The van der Waals surface area contributed by atoms with Crippen molar-refractivity contribution in [2.75, 3.05) is 11.4 Å². The van der Waals surface area contributed by atoms with E-state index in [1.165, 1.54) is 0 Å². The van der Waals surface area contributed by atoms with Gasteiger partial charge in [0.05, 0.1) is 0 Å². The molecule has 0 aromatic heterocycles. The molecule has 2 rings (SSSR count). The number of carbonyl (C=O) groups is 1. The summed E-state index contributed by atoms with van der Waals surface area (Å²) in [6.45, 7) is 4.50. The molecular formula is C11H13NO. The van der Waals surface area contributed by atoms with Gasteiger partial charge in [-0.05, 0) is 26.0 Å². The summed E-state index contributed by atoms with van der Waals surface area (Å²) < 4.78 is 0. The summed E-state index contributed by atoms with van der Waals surface area (Å²) in [6.07, 6.45) is 0. The monoisotopic (exact) mass is 175 g/mol. The number of hydrogen-bond acceptors (Lipinski definition) is 2. The molecule has 1 aromatic rings. The first kappa shape index (κ1) is 8.30. The fraction of sp³-hybridized carbons (Fsp3) is 0.364. The summed E-state index contributed by atoms with van der Waals surface area (Å²) in [7, 11) is 0. The minimum absolute atomic E-state index is 0.235. The van der Waals surface area contributed by atoms with Crippen molar-refractivity contribution >= 4 is 11.5 Å². The van der Waals surface area contributed by atoms with Crippen LogP contribution in [0.2, 0.25) is 0 Å². The second kappa shape index (κ2) is 2.59. The summed E-state index contributed by atoms with van der Waals surface area (Å²) in [5.41, 5.74) is 0.904. The van der Waals surface area contributed by atoms with Gasteiger partial charge in [0.1, 0.15) is 5.54 Å². The van der Waals surface area contributed by atoms with Crippen molar-refractivity contribution in [3.8, 4) is 0 Å². The van der Waals surface area contributed by atoms with Gasteiger partial charge in [0.25, 0.3) is 0 Å². The molecule has 13 heavy (non-hydrogen) atoms. The number of ketones is 1. The molecule has 1 aliphatic rings. The average molecular weight is 175 g/mol. The number of rotatable bonds is 2. The van der Waals surface area contributed by atoms with Gasteiger partial charge in [0, 0.05) is 12.2 Å². The highest BCUT2D eigenvalue weighted by Crippen LogP contribution is 2.37. The Morgan fingerprint density at radius 2 is 2.00 bits per heavy atom. The number of para-hydroxylation sites is 1. The number of benzene rings is 1. The van der Waals surface area contributed by atoms with E-state index in [2.05, 4.69) is 4.90 Å². The smallest absolute Gasteiger partial charge is 0.156 e. The normalized spacial score (nSPS) is 25.8. The summed E-state index contributed by atoms with van der Waals surface area (Å²) in [6, 6.07) is 10.0. The zero-order valence-corrected chi connectivity index (χ0v) is 7.95. The Morgan fingerprint density at radius 3 is 2.46 bits per heavy atom. The lowest BCUT2D eigenvalue weighted by Gasteiger charge is -2.09. The zero-order chi connectivity index (χ0) is 9.47. The lowest BCUT2D eigenvalue weighted by molar-refractivity contribution is -0.118. The van der Waals surface area contributed by atoms with Crippen LogP contribution in [0.1, 0.15) is 13.8 Å². The Labute approximate surface area is 78.2 Å². The highest BCUT2D eigenvalue weighted by molar-refractivity contribution is 5.95. The Balaban J connectivity index is 2.21. The molecule has 1 heterocycles. The van der Waals surface area contributed by atoms with E-state index in [-0.39, 0.29) is 11.3 Å². The van der Waals surface area contributed by atoms with Gasteiger partial charge in [-0.25, -0.2) is 0 Å². The first-order chi connectivity index (χ1) is 6.14. The largest absolute Gasteiger partial charge is 0.355 e. The van der Waals surface area contributed by atoms with Crippen molar-refractivity contribution in [2.24, 2.45) is 0 Å². The van der Waals surface area contributed by atoms with Crippen LogP contribution in [-0.4, -0.2) is 17.9 Å². The van der Waals surface area contributed by atoms with Gasteiger partial charge < -0.3 is 4.90 Å². The molecule has 1 aliphatic heterocycles. The minimum Gasteiger partial charge on any atom is -0.355 e. The van der Waals surface area contributed by atoms with Crippen LogP contribution >= 0.6 is 0 Å². The molecule has 1 atom stereocenters. The maximum absolute atomic E-state index is 11.3. The fourth-order valence-electron chi connectivity index (χ4n) is 1.56. The molecule has 0 saturated carbocycles. The van der Waals surface area contributed by atoms with Crippen LogP contribution in [0.3, 0.4) is 0 Å². The highest BCUT2D eigenvalue weighted by atomic mass is 16.1. The molecule has 0 aliphatic carbocycles. The summed E-state index contributed by atoms with van der Waals surface area (Å²) in [5, 5.41) is 0. The molecule has 0 amide bonds. The molecule has 1 aromatic carbocycles. The summed E-state index contributed by atoms with van der Waals surface area (Å²) in [4.78, 5) is 13.4. The molecule has 68 valence electrons. The number of Topliss-reactive ketones (excluding diaryl/α,β-unsaturated/α-hetero) is 1. The second-order valence-electron chi connectivity index (χ2n) is 3.75. The predicted molar refractivity (Wildman–Crippen MR) is 52.9 cm³/mol. The molecular weight excluding hydrogens is 162 g/mol. The van der Waals surface area contributed by atoms with Gasteiger partial charge in [-0.1, -0.05) is 18.2 Å². The Morgan fingerprint density at radius 1 is 1.38 bits per heavy atom. The quantitative estimate of drug-likeness (QED) is 0.639. The van der Waals surface area contributed by atoms with Crippen molar-refractivity contribution in [1.82, 2.24) is 0 Å². The maximum Gasteiger partial charge on any atom is 0.156 e. The van der Waals surface area contributed by atoms with Gasteiger partial charge in [0.15, 0.2) is 5.78 Å². The first-order valence-electron chi connectivity index (χ1n) is 4.48. The Kier molecular flexibility index (Phi) is 1.65. The van der Waals surface area contributed by atoms with Gasteiger partial charge >= 0.3 is 0 Å². The van der Waals surface area contributed by atoms with Crippen LogP contribution in [0.15, 0.2) is 30.3 Å². The number of anilines is 1. The van der Waals surface area contributed by atoms with Crippen LogP contribution in [0, 0.1) is 0 Å². The molecule has 1 saturated heterocycles. The van der Waals surface area contributed by atoms with Crippen molar-refractivity contribution in [3.05, 3.63) is 30.3 Å². The number of nitrogens with zero attached hydrogens (tertiary/aromatic N) is 1. The third-order valence-electron chi connectivity index (χ3n) is 2.78. The van der Waals surface area contributed by atoms with Gasteiger partial charge in [-0.2, -0.15) is 0 Å². The molecule has 0 N–H and O–H groups in total. The van der Waals surface area contributed by atoms with Gasteiger partial charge in [-0.15, -0.1) is 0 Å². The maximum atomic E-state index is 11.3. The summed E-state index contributed by atoms with van der Waals surface area (Å²) >= 11 is 0. The molecule has 1 fully saturated rings. The van der Waals surface area contributed by atoms with E-state index >= 15 is 0 Å². The van der Waals surface area contributed by atoms with Crippen molar-refractivity contribution in [1.29, 1.82) is 0 Å².